The summed E-state index contributed by atoms with van der Waals surface area (Å²) in [6.07, 6.45) is 1.35. The van der Waals surface area contributed by atoms with Crippen LogP contribution < -0.4 is 26.4 Å². The second-order valence-corrected chi connectivity index (χ2v) is 7.93. The molecule has 11 heteroatoms. The number of hydrogen-bond acceptors (Lipinski definition) is 8. The van der Waals surface area contributed by atoms with Gasteiger partial charge in [-0.25, -0.2) is 14.8 Å². The van der Waals surface area contributed by atoms with Gasteiger partial charge in [-0.1, -0.05) is 17.7 Å². The molecule has 10 nitrogen and oxygen atoms in total. The van der Waals surface area contributed by atoms with Crippen molar-refractivity contribution < 1.29 is 14.3 Å². The van der Waals surface area contributed by atoms with Crippen molar-refractivity contribution in [1.82, 2.24) is 14.9 Å². The number of anilines is 5. The predicted molar refractivity (Wildman–Crippen MR) is 133 cm³/mol. The van der Waals surface area contributed by atoms with Gasteiger partial charge in [0.25, 0.3) is 0 Å². The van der Waals surface area contributed by atoms with Crippen LogP contribution in [0.2, 0.25) is 5.02 Å². The smallest absolute Gasteiger partial charge is 0.324 e. The molecule has 1 fully saturated rings. The van der Waals surface area contributed by atoms with Crippen LogP contribution in [0.3, 0.4) is 0 Å². The summed E-state index contributed by atoms with van der Waals surface area (Å²) in [5.74, 6) is 1.62. The molecule has 1 saturated heterocycles. The van der Waals surface area contributed by atoms with Crippen LogP contribution in [0.5, 0.6) is 5.75 Å². The van der Waals surface area contributed by atoms with Gasteiger partial charge in [0.05, 0.1) is 29.6 Å². The lowest BCUT2D eigenvalue weighted by molar-refractivity contribution is 0.0322. The number of nitrogens with zero attached hydrogens (tertiary/aromatic N) is 3. The largest absolute Gasteiger partial charge is 0.492 e. The number of aromatic nitrogens is 2. The van der Waals surface area contributed by atoms with Gasteiger partial charge in [-0.3, -0.25) is 10.2 Å². The number of nitrogens with one attached hydrogen (secondary N) is 3. The molecule has 2 amide bonds. The number of para-hydroxylation sites is 1. The highest BCUT2D eigenvalue weighted by molar-refractivity contribution is 6.34. The minimum Gasteiger partial charge on any atom is -0.492 e. The number of amides is 2. The fraction of sp³-hybridized carbons (Fsp3) is 0.261. The van der Waals surface area contributed by atoms with Crippen molar-refractivity contribution in [3.05, 3.63) is 59.9 Å². The Bertz CT molecular complexity index is 1090. The first-order chi connectivity index (χ1) is 16.6. The Morgan fingerprint density at radius 3 is 2.62 bits per heavy atom. The second-order valence-electron chi connectivity index (χ2n) is 7.52. The number of nitrogen functional groups attached to an aromatic ring is 1. The minimum atomic E-state index is -0.525. The van der Waals surface area contributed by atoms with Crippen LogP contribution in [0, 0.1) is 0 Å². The van der Waals surface area contributed by atoms with Crippen molar-refractivity contribution in [2.75, 3.05) is 61.1 Å². The van der Waals surface area contributed by atoms with E-state index in [0.29, 0.717) is 34.6 Å². The Morgan fingerprint density at radius 2 is 1.85 bits per heavy atom. The number of nitrogens with two attached hydrogens (primary N) is 1. The fourth-order valence-corrected chi connectivity index (χ4v) is 3.56. The Morgan fingerprint density at radius 1 is 1.09 bits per heavy atom. The molecule has 178 valence electrons. The van der Waals surface area contributed by atoms with Gasteiger partial charge < -0.3 is 25.8 Å². The van der Waals surface area contributed by atoms with E-state index in [1.807, 2.05) is 24.3 Å². The van der Waals surface area contributed by atoms with Crippen LogP contribution in [0.4, 0.5) is 33.5 Å². The van der Waals surface area contributed by atoms with Crippen LogP contribution in [0.1, 0.15) is 0 Å². The third kappa shape index (κ3) is 6.70. The molecule has 2 heterocycles. The van der Waals surface area contributed by atoms with Gasteiger partial charge in [-0.05, 0) is 36.4 Å². The number of benzene rings is 2. The number of ether oxygens (including phenoxy) is 2. The highest BCUT2D eigenvalue weighted by Gasteiger charge is 2.11. The molecule has 2 aromatic carbocycles. The van der Waals surface area contributed by atoms with E-state index < -0.39 is 6.03 Å². The van der Waals surface area contributed by atoms with Crippen molar-refractivity contribution >= 4 is 46.3 Å². The minimum absolute atomic E-state index is 0.309. The SMILES string of the molecule is Nc1cccc(Cl)c1NC(=O)Nc1cc(Nc2ccc(OCCN3CCOCC3)cc2)ncn1. The zero-order chi connectivity index (χ0) is 23.8. The second kappa shape index (κ2) is 11.5. The van der Waals surface area contributed by atoms with Gasteiger partial charge in [0.1, 0.15) is 30.3 Å². The zero-order valence-electron chi connectivity index (χ0n) is 18.5. The average molecular weight is 484 g/mol. The van der Waals surface area contributed by atoms with E-state index in [1.165, 1.54) is 6.33 Å². The molecule has 0 aliphatic carbocycles. The first kappa shape index (κ1) is 23.6. The number of hydrogen-bond donors (Lipinski definition) is 4. The van der Waals surface area contributed by atoms with E-state index in [1.54, 1.807) is 24.3 Å². The van der Waals surface area contributed by atoms with Gasteiger partial charge >= 0.3 is 6.03 Å². The molecule has 0 spiro atoms. The molecule has 0 unspecified atom stereocenters. The fourth-order valence-electron chi connectivity index (χ4n) is 3.33. The van der Waals surface area contributed by atoms with Gasteiger partial charge in [0.2, 0.25) is 0 Å². The normalized spacial score (nSPS) is 13.8. The standard InChI is InChI=1S/C23H26ClN7O3/c24-18-2-1-3-19(25)22(18)30-23(32)29-21-14-20(26-15-27-21)28-16-4-6-17(7-5-16)34-13-10-31-8-11-33-12-9-31/h1-7,14-15H,8-13,25H2,(H3,26,27,28,29,30,32). The van der Waals surface area contributed by atoms with Gasteiger partial charge in [0, 0.05) is 31.4 Å². The number of halogens is 1. The highest BCUT2D eigenvalue weighted by Crippen LogP contribution is 2.28. The Kier molecular flexibility index (Phi) is 7.97. The molecular weight excluding hydrogens is 458 g/mol. The molecule has 1 aromatic heterocycles. The molecule has 5 N–H and O–H groups in total. The summed E-state index contributed by atoms with van der Waals surface area (Å²) in [6.45, 7) is 4.93. The van der Waals surface area contributed by atoms with E-state index in [4.69, 9.17) is 26.8 Å². The summed E-state index contributed by atoms with van der Waals surface area (Å²) < 4.78 is 11.2. The molecule has 0 bridgehead atoms. The molecule has 3 aromatic rings. The number of morpholine rings is 1. The maximum Gasteiger partial charge on any atom is 0.324 e. The first-order valence-corrected chi connectivity index (χ1v) is 11.2. The number of rotatable bonds is 8. The molecule has 1 aliphatic rings. The summed E-state index contributed by atoms with van der Waals surface area (Å²) in [5.41, 5.74) is 7.38. The molecule has 1 aliphatic heterocycles. The van der Waals surface area contributed by atoms with E-state index in [2.05, 4.69) is 30.8 Å². The summed E-state index contributed by atoms with van der Waals surface area (Å²) in [4.78, 5) is 22.9. The van der Waals surface area contributed by atoms with Crippen LogP contribution in [-0.2, 0) is 4.74 Å². The first-order valence-electron chi connectivity index (χ1n) is 10.8. The van der Waals surface area contributed by atoms with Crippen LogP contribution >= 0.6 is 11.6 Å². The molecule has 0 saturated carbocycles. The average Bonchev–Trinajstić information content (AvgIpc) is 2.84. The molecule has 4 rings (SSSR count). The molecule has 0 atom stereocenters. The molecule has 0 radical (unpaired) electrons. The van der Waals surface area contributed by atoms with Crippen LogP contribution in [-0.4, -0.2) is 60.4 Å². The third-order valence-electron chi connectivity index (χ3n) is 5.10. The van der Waals surface area contributed by atoms with E-state index >= 15 is 0 Å². The number of carbonyl (C=O) groups excluding carboxylic acids is 1. The lowest BCUT2D eigenvalue weighted by Gasteiger charge is -2.26. The van der Waals surface area contributed by atoms with E-state index in [9.17, 15) is 4.79 Å². The van der Waals surface area contributed by atoms with Crippen LogP contribution in [0.15, 0.2) is 54.9 Å². The van der Waals surface area contributed by atoms with E-state index in [0.717, 1.165) is 44.3 Å². The predicted octanol–water partition coefficient (Wildman–Crippen LogP) is 3.81. The van der Waals surface area contributed by atoms with Crippen molar-refractivity contribution in [2.45, 2.75) is 0 Å². The summed E-state index contributed by atoms with van der Waals surface area (Å²) >= 11 is 6.09. The topological polar surface area (TPSA) is 127 Å². The monoisotopic (exact) mass is 483 g/mol. The third-order valence-corrected chi connectivity index (χ3v) is 5.41. The van der Waals surface area contributed by atoms with Gasteiger partial charge in [-0.15, -0.1) is 0 Å². The Hall–Kier alpha value is -3.60. The zero-order valence-corrected chi connectivity index (χ0v) is 19.2. The maximum atomic E-state index is 12.3. The lowest BCUT2D eigenvalue weighted by Crippen LogP contribution is -2.38. The Balaban J connectivity index is 1.28. The van der Waals surface area contributed by atoms with Crippen molar-refractivity contribution in [3.63, 3.8) is 0 Å². The van der Waals surface area contributed by atoms with Crippen molar-refractivity contribution in [1.29, 1.82) is 0 Å². The highest BCUT2D eigenvalue weighted by atomic mass is 35.5. The number of urea groups is 1. The van der Waals surface area contributed by atoms with Gasteiger partial charge in [-0.2, -0.15) is 0 Å². The van der Waals surface area contributed by atoms with Crippen molar-refractivity contribution in [3.8, 4) is 5.75 Å². The Labute approximate surface area is 202 Å². The quantitative estimate of drug-likeness (QED) is 0.356. The molecular formula is C23H26ClN7O3. The summed E-state index contributed by atoms with van der Waals surface area (Å²) in [7, 11) is 0. The van der Waals surface area contributed by atoms with Crippen LogP contribution in [0.25, 0.3) is 0 Å². The summed E-state index contributed by atoms with van der Waals surface area (Å²) in [5, 5.41) is 8.79. The van der Waals surface area contributed by atoms with Gasteiger partial charge in [0.15, 0.2) is 0 Å². The molecule has 34 heavy (non-hydrogen) atoms. The van der Waals surface area contributed by atoms with E-state index in [-0.39, 0.29) is 0 Å². The van der Waals surface area contributed by atoms with Crippen molar-refractivity contribution in [2.24, 2.45) is 0 Å². The number of carbonyl (C=O) groups is 1. The lowest BCUT2D eigenvalue weighted by atomic mass is 10.3. The summed E-state index contributed by atoms with van der Waals surface area (Å²) in [6, 6.07) is 13.7. The maximum absolute atomic E-state index is 12.3.